The lowest BCUT2D eigenvalue weighted by Gasteiger charge is -2.22. The summed E-state index contributed by atoms with van der Waals surface area (Å²) in [4.78, 5) is 49.9. The quantitative estimate of drug-likeness (QED) is 0.347. The molecule has 2 aromatic carbocycles. The summed E-state index contributed by atoms with van der Waals surface area (Å²) in [5.74, 6) is -0.361. The number of aryl methyl sites for hydroxylation is 1. The van der Waals surface area contributed by atoms with Crippen LogP contribution in [0.4, 0.5) is 10.1 Å². The molecule has 202 valence electrons. The van der Waals surface area contributed by atoms with Gasteiger partial charge in [0.1, 0.15) is 11.6 Å². The van der Waals surface area contributed by atoms with E-state index in [9.17, 15) is 18.8 Å². The predicted molar refractivity (Wildman–Crippen MR) is 141 cm³/mol. The number of carbonyl (C=O) groups excluding carboxylic acids is 1. The van der Waals surface area contributed by atoms with Gasteiger partial charge < -0.3 is 9.47 Å². The highest BCUT2D eigenvalue weighted by atomic mass is 19.1. The van der Waals surface area contributed by atoms with Gasteiger partial charge in [-0.25, -0.2) is 28.5 Å². The predicted octanol–water partition coefficient (Wildman–Crippen LogP) is 3.45. The highest BCUT2D eigenvalue weighted by molar-refractivity contribution is 5.75. The molecule has 0 atom stereocenters. The second-order valence-electron chi connectivity index (χ2n) is 9.59. The standard InChI is InChI=1S/C28H28FN5O5/c1-18-5-7-19(8-6-18)16-33-25(32-26(36)34(27(33)37)17-28(2,3)24(35)38-4)31-21-10-12-22(13-11-21)39-23-14-9-20(29)15-30-23/h5-15H,16-17H2,1-4H3,(H,31,32,36). The molecule has 0 radical (unpaired) electrons. The maximum Gasteiger partial charge on any atom is 0.335 e. The first kappa shape index (κ1) is 27.2. The summed E-state index contributed by atoms with van der Waals surface area (Å²) >= 11 is 0. The minimum absolute atomic E-state index is 0.0339. The lowest BCUT2D eigenvalue weighted by atomic mass is 9.94. The molecule has 0 saturated carbocycles. The molecule has 0 spiro atoms. The van der Waals surface area contributed by atoms with E-state index in [2.05, 4.69) is 15.0 Å². The van der Waals surface area contributed by atoms with Crippen molar-refractivity contribution >= 4 is 11.7 Å². The zero-order valence-corrected chi connectivity index (χ0v) is 22.0. The van der Waals surface area contributed by atoms with Crippen LogP contribution in [0.1, 0.15) is 25.0 Å². The molecule has 0 aliphatic heterocycles. The second-order valence-corrected chi connectivity index (χ2v) is 9.59. The third kappa shape index (κ3) is 6.56. The third-order valence-electron chi connectivity index (χ3n) is 5.93. The van der Waals surface area contributed by atoms with Crippen LogP contribution in [-0.4, -0.2) is 32.2 Å². The van der Waals surface area contributed by atoms with E-state index >= 15 is 0 Å². The van der Waals surface area contributed by atoms with Crippen molar-refractivity contribution in [3.05, 3.63) is 110 Å². The number of aromatic nitrogens is 4. The molecular weight excluding hydrogens is 505 g/mol. The molecule has 4 aromatic rings. The monoisotopic (exact) mass is 533 g/mol. The van der Waals surface area contributed by atoms with Crippen LogP contribution in [0.15, 0.2) is 81.4 Å². The number of carbonyl (C=O) groups is 1. The van der Waals surface area contributed by atoms with Gasteiger partial charge in [0.15, 0.2) is 0 Å². The lowest BCUT2D eigenvalue weighted by Crippen LogP contribution is -2.52. The first-order valence-corrected chi connectivity index (χ1v) is 12.1. The number of benzene rings is 2. The van der Waals surface area contributed by atoms with E-state index in [0.717, 1.165) is 21.9 Å². The number of esters is 1. The van der Waals surface area contributed by atoms with E-state index in [1.165, 1.54) is 23.8 Å². The molecule has 0 unspecified atom stereocenters. The number of aromatic amines is 1. The van der Waals surface area contributed by atoms with Crippen molar-refractivity contribution in [1.29, 1.82) is 0 Å². The Labute approximate surface area is 223 Å². The summed E-state index contributed by atoms with van der Waals surface area (Å²) in [6, 6.07) is 16.8. The molecule has 0 aliphatic rings. The number of pyridine rings is 1. The molecule has 0 aliphatic carbocycles. The van der Waals surface area contributed by atoms with Crippen molar-refractivity contribution in [3.63, 3.8) is 0 Å². The van der Waals surface area contributed by atoms with E-state index in [1.807, 2.05) is 31.2 Å². The van der Waals surface area contributed by atoms with E-state index in [0.29, 0.717) is 11.4 Å². The molecule has 10 nitrogen and oxygen atoms in total. The van der Waals surface area contributed by atoms with Crippen LogP contribution >= 0.6 is 0 Å². The van der Waals surface area contributed by atoms with Crippen molar-refractivity contribution in [2.45, 2.75) is 33.9 Å². The number of hydrogen-bond donors (Lipinski definition) is 1. The summed E-state index contributed by atoms with van der Waals surface area (Å²) in [5, 5.41) is 0. The Morgan fingerprint density at radius 3 is 2.33 bits per heavy atom. The third-order valence-corrected chi connectivity index (χ3v) is 5.93. The van der Waals surface area contributed by atoms with Gasteiger partial charge in [0.05, 0.1) is 31.0 Å². The van der Waals surface area contributed by atoms with Gasteiger partial charge in [-0.05, 0) is 56.7 Å². The summed E-state index contributed by atoms with van der Waals surface area (Å²) in [6.45, 7) is 5.09. The average Bonchev–Trinajstić information content (AvgIpc) is 2.91. The zero-order valence-electron chi connectivity index (χ0n) is 22.0. The van der Waals surface area contributed by atoms with Crippen molar-refractivity contribution in [2.75, 3.05) is 7.11 Å². The van der Waals surface area contributed by atoms with Gasteiger partial charge in [0.2, 0.25) is 11.5 Å². The summed E-state index contributed by atoms with van der Waals surface area (Å²) in [6.07, 6.45) is 1.05. The van der Waals surface area contributed by atoms with E-state index in [4.69, 9.17) is 9.47 Å². The number of ether oxygens (including phenoxy) is 2. The van der Waals surface area contributed by atoms with Gasteiger partial charge in [-0.15, -0.1) is 0 Å². The molecule has 39 heavy (non-hydrogen) atoms. The largest absolute Gasteiger partial charge is 0.469 e. The normalized spacial score (nSPS) is 11.9. The van der Waals surface area contributed by atoms with Crippen molar-refractivity contribution < 1.29 is 18.7 Å². The molecule has 0 fully saturated rings. The Hall–Kier alpha value is -4.80. The maximum absolute atomic E-state index is 13.6. The fourth-order valence-corrected chi connectivity index (χ4v) is 3.79. The van der Waals surface area contributed by atoms with E-state index in [1.54, 1.807) is 38.1 Å². The fraction of sp³-hybridized carbons (Fsp3) is 0.250. The fourth-order valence-electron chi connectivity index (χ4n) is 3.79. The smallest absolute Gasteiger partial charge is 0.335 e. The molecule has 11 heteroatoms. The molecule has 1 N–H and O–H groups in total. The number of methoxy groups -OCH3 is 1. The molecule has 2 heterocycles. The molecule has 2 aromatic heterocycles. The van der Waals surface area contributed by atoms with Crippen LogP contribution in [0.5, 0.6) is 11.6 Å². The van der Waals surface area contributed by atoms with Crippen LogP contribution in [0.25, 0.3) is 0 Å². The second kappa shape index (κ2) is 11.3. The van der Waals surface area contributed by atoms with Gasteiger partial charge >= 0.3 is 17.3 Å². The lowest BCUT2D eigenvalue weighted by molar-refractivity contribution is -0.151. The SMILES string of the molecule is COC(=O)C(C)(C)Cn1c(=O)[nH]/c(=N\c2ccc(Oc3ccc(F)cn3)cc2)n(Cc2ccc(C)cc2)c1=O. The van der Waals surface area contributed by atoms with Crippen LogP contribution in [0.3, 0.4) is 0 Å². The van der Waals surface area contributed by atoms with Crippen molar-refractivity contribution in [2.24, 2.45) is 10.4 Å². The molecule has 4 rings (SSSR count). The summed E-state index contributed by atoms with van der Waals surface area (Å²) in [7, 11) is 1.25. The van der Waals surface area contributed by atoms with Crippen molar-refractivity contribution in [1.82, 2.24) is 19.1 Å². The first-order chi connectivity index (χ1) is 18.6. The Balaban J connectivity index is 1.75. The minimum Gasteiger partial charge on any atom is -0.469 e. The van der Waals surface area contributed by atoms with Gasteiger partial charge in [0.25, 0.3) is 0 Å². The Bertz CT molecular complexity index is 1650. The van der Waals surface area contributed by atoms with E-state index < -0.39 is 28.6 Å². The number of H-pyrrole nitrogens is 1. The Morgan fingerprint density at radius 1 is 1.03 bits per heavy atom. The molecule has 0 bridgehead atoms. The number of rotatable bonds is 8. The molecule has 0 amide bonds. The summed E-state index contributed by atoms with van der Waals surface area (Å²) in [5.41, 5.74) is -0.107. The highest BCUT2D eigenvalue weighted by Crippen LogP contribution is 2.22. The zero-order chi connectivity index (χ0) is 28.2. The Morgan fingerprint density at radius 2 is 1.72 bits per heavy atom. The van der Waals surface area contributed by atoms with Crippen LogP contribution in [0.2, 0.25) is 0 Å². The number of halogens is 1. The first-order valence-electron chi connectivity index (χ1n) is 12.1. The topological polar surface area (TPSA) is 121 Å². The van der Waals surface area contributed by atoms with E-state index in [-0.39, 0.29) is 24.6 Å². The van der Waals surface area contributed by atoms with Gasteiger partial charge in [-0.2, -0.15) is 0 Å². The average molecular weight is 534 g/mol. The van der Waals surface area contributed by atoms with Crippen LogP contribution in [-0.2, 0) is 22.6 Å². The Kier molecular flexibility index (Phi) is 7.89. The number of hydrogen-bond acceptors (Lipinski definition) is 7. The van der Waals surface area contributed by atoms with Crippen molar-refractivity contribution in [3.8, 4) is 11.6 Å². The maximum atomic E-state index is 13.6. The van der Waals surface area contributed by atoms with Gasteiger partial charge in [0, 0.05) is 12.6 Å². The van der Waals surface area contributed by atoms with Gasteiger partial charge in [-0.3, -0.25) is 14.3 Å². The number of nitrogens with one attached hydrogen (secondary N) is 1. The number of nitrogens with zero attached hydrogens (tertiary/aromatic N) is 4. The minimum atomic E-state index is -1.12. The molecular formula is C28H28FN5O5. The van der Waals surface area contributed by atoms with Crippen LogP contribution < -0.4 is 21.7 Å². The summed E-state index contributed by atoms with van der Waals surface area (Å²) < 4.78 is 25.8. The molecule has 0 saturated heterocycles. The highest BCUT2D eigenvalue weighted by Gasteiger charge is 2.31. The van der Waals surface area contributed by atoms with Gasteiger partial charge in [-0.1, -0.05) is 29.8 Å². The van der Waals surface area contributed by atoms with Crippen LogP contribution in [0, 0.1) is 18.2 Å².